The lowest BCUT2D eigenvalue weighted by Gasteiger charge is -2.35. The van der Waals surface area contributed by atoms with E-state index in [-0.39, 0.29) is 30.7 Å². The first-order valence-corrected chi connectivity index (χ1v) is 6.89. The molecule has 120 valence electrons. The number of halogens is 1. The van der Waals surface area contributed by atoms with Gasteiger partial charge in [-0.15, -0.1) is 0 Å². The predicted octanol–water partition coefficient (Wildman–Crippen LogP) is 1.08. The fourth-order valence-corrected chi connectivity index (χ4v) is 2.40. The molecule has 1 aliphatic rings. The number of methoxy groups -OCH3 is 1. The van der Waals surface area contributed by atoms with Crippen LogP contribution in [-0.2, 0) is 20.7 Å². The quantitative estimate of drug-likeness (QED) is 0.900. The third-order valence-electron chi connectivity index (χ3n) is 3.46. The van der Waals surface area contributed by atoms with Gasteiger partial charge in [0.2, 0.25) is 5.91 Å². The molecule has 1 aromatic rings. The van der Waals surface area contributed by atoms with E-state index in [2.05, 4.69) is 0 Å². The van der Waals surface area contributed by atoms with Gasteiger partial charge in [0.1, 0.15) is 0 Å². The van der Waals surface area contributed by atoms with E-state index in [4.69, 9.17) is 14.6 Å². The first kappa shape index (κ1) is 16.2. The number of amides is 1. The van der Waals surface area contributed by atoms with Gasteiger partial charge < -0.3 is 19.5 Å². The number of carbonyl (C=O) groups excluding carboxylic acids is 1. The minimum Gasteiger partial charge on any atom is -0.494 e. The first-order valence-electron chi connectivity index (χ1n) is 6.89. The van der Waals surface area contributed by atoms with E-state index in [1.807, 2.05) is 0 Å². The molecule has 1 aliphatic heterocycles. The monoisotopic (exact) mass is 311 g/mol. The van der Waals surface area contributed by atoms with Crippen molar-refractivity contribution >= 4 is 11.9 Å². The Bertz CT molecular complexity index is 577. The number of carbonyl (C=O) groups is 2. The van der Waals surface area contributed by atoms with Crippen LogP contribution in [0.4, 0.5) is 4.39 Å². The van der Waals surface area contributed by atoms with Crippen molar-refractivity contribution in [3.8, 4) is 5.75 Å². The van der Waals surface area contributed by atoms with Crippen LogP contribution in [0, 0.1) is 5.82 Å². The van der Waals surface area contributed by atoms with Crippen LogP contribution in [0.15, 0.2) is 18.2 Å². The predicted molar refractivity (Wildman–Crippen MR) is 75.2 cm³/mol. The highest BCUT2D eigenvalue weighted by molar-refractivity contribution is 5.80. The number of benzene rings is 1. The Labute approximate surface area is 127 Å². The number of ether oxygens (including phenoxy) is 2. The molecule has 1 amide bonds. The normalized spacial score (nSPS) is 21.5. The van der Waals surface area contributed by atoms with Crippen molar-refractivity contribution < 1.29 is 28.6 Å². The summed E-state index contributed by atoms with van der Waals surface area (Å²) >= 11 is 0. The Morgan fingerprint density at radius 1 is 1.45 bits per heavy atom. The van der Waals surface area contributed by atoms with E-state index in [9.17, 15) is 14.0 Å². The third-order valence-corrected chi connectivity index (χ3v) is 3.46. The van der Waals surface area contributed by atoms with E-state index in [0.717, 1.165) is 0 Å². The standard InChI is InChI=1S/C15H18FNO5/c1-9-7-17(8-13(22-9)15(19)20)14(18)6-10-3-4-12(21-2)11(16)5-10/h3-5,9,13H,6-8H2,1-2H3,(H,19,20)/t9-,13?/m1/s1. The molecular formula is C15H18FNO5. The summed E-state index contributed by atoms with van der Waals surface area (Å²) in [7, 11) is 1.37. The molecule has 7 heteroatoms. The first-order chi connectivity index (χ1) is 10.4. The van der Waals surface area contributed by atoms with Crippen molar-refractivity contribution in [2.24, 2.45) is 0 Å². The molecule has 0 saturated carbocycles. The number of hydrogen-bond donors (Lipinski definition) is 1. The summed E-state index contributed by atoms with van der Waals surface area (Å²) in [5.41, 5.74) is 0.509. The lowest BCUT2D eigenvalue weighted by atomic mass is 10.1. The fourth-order valence-electron chi connectivity index (χ4n) is 2.40. The van der Waals surface area contributed by atoms with E-state index in [0.29, 0.717) is 12.1 Å². The molecule has 0 radical (unpaired) electrons. The van der Waals surface area contributed by atoms with Crippen molar-refractivity contribution in [3.63, 3.8) is 0 Å². The van der Waals surface area contributed by atoms with Crippen LogP contribution in [0.2, 0.25) is 0 Å². The van der Waals surface area contributed by atoms with E-state index in [1.54, 1.807) is 13.0 Å². The summed E-state index contributed by atoms with van der Waals surface area (Å²) in [5.74, 6) is -1.78. The largest absolute Gasteiger partial charge is 0.494 e. The Morgan fingerprint density at radius 2 is 2.18 bits per heavy atom. The lowest BCUT2D eigenvalue weighted by molar-refractivity contribution is -0.166. The maximum absolute atomic E-state index is 13.6. The SMILES string of the molecule is COc1ccc(CC(=O)N2CC(C(=O)O)O[C@H](C)C2)cc1F. The Balaban J connectivity index is 2.05. The highest BCUT2D eigenvalue weighted by Crippen LogP contribution is 2.19. The number of hydrogen-bond acceptors (Lipinski definition) is 4. The third kappa shape index (κ3) is 3.73. The summed E-state index contributed by atoms with van der Waals surface area (Å²) in [5, 5.41) is 9.01. The maximum atomic E-state index is 13.6. The molecule has 0 aliphatic carbocycles. The van der Waals surface area contributed by atoms with Gasteiger partial charge in [-0.3, -0.25) is 4.79 Å². The zero-order chi connectivity index (χ0) is 16.3. The molecule has 2 atom stereocenters. The highest BCUT2D eigenvalue weighted by Gasteiger charge is 2.32. The van der Waals surface area contributed by atoms with Gasteiger partial charge in [-0.05, 0) is 24.6 Å². The zero-order valence-corrected chi connectivity index (χ0v) is 12.4. The maximum Gasteiger partial charge on any atom is 0.334 e. The van der Waals surface area contributed by atoms with Gasteiger partial charge >= 0.3 is 5.97 Å². The molecule has 6 nitrogen and oxygen atoms in total. The van der Waals surface area contributed by atoms with Gasteiger partial charge in [0.25, 0.3) is 0 Å². The molecule has 1 heterocycles. The lowest BCUT2D eigenvalue weighted by Crippen LogP contribution is -2.52. The second-order valence-electron chi connectivity index (χ2n) is 5.22. The average molecular weight is 311 g/mol. The van der Waals surface area contributed by atoms with Crippen LogP contribution in [-0.4, -0.2) is 54.3 Å². The van der Waals surface area contributed by atoms with Crippen LogP contribution in [0.25, 0.3) is 0 Å². The molecule has 1 unspecified atom stereocenters. The van der Waals surface area contributed by atoms with Gasteiger partial charge in [0, 0.05) is 6.54 Å². The summed E-state index contributed by atoms with van der Waals surface area (Å²) in [6.45, 7) is 2.03. The summed E-state index contributed by atoms with van der Waals surface area (Å²) in [4.78, 5) is 24.7. The second kappa shape index (κ2) is 6.74. The summed E-state index contributed by atoms with van der Waals surface area (Å²) in [6.07, 6.45) is -1.38. The Morgan fingerprint density at radius 3 is 2.77 bits per heavy atom. The van der Waals surface area contributed by atoms with E-state index >= 15 is 0 Å². The molecule has 2 rings (SSSR count). The molecule has 22 heavy (non-hydrogen) atoms. The number of aliphatic carboxylic acids is 1. The van der Waals surface area contributed by atoms with Crippen LogP contribution >= 0.6 is 0 Å². The average Bonchev–Trinajstić information content (AvgIpc) is 2.46. The van der Waals surface area contributed by atoms with Gasteiger partial charge in [-0.2, -0.15) is 0 Å². The van der Waals surface area contributed by atoms with E-state index < -0.39 is 17.9 Å². The van der Waals surface area contributed by atoms with Gasteiger partial charge in [-0.1, -0.05) is 6.07 Å². The van der Waals surface area contributed by atoms with Crippen LogP contribution in [0.3, 0.4) is 0 Å². The summed E-state index contributed by atoms with van der Waals surface area (Å²) in [6, 6.07) is 4.31. The van der Waals surface area contributed by atoms with Crippen molar-refractivity contribution in [1.82, 2.24) is 4.90 Å². The molecule has 0 spiro atoms. The molecular weight excluding hydrogens is 293 g/mol. The minimum atomic E-state index is -1.10. The van der Waals surface area contributed by atoms with Crippen LogP contribution in [0.5, 0.6) is 5.75 Å². The second-order valence-corrected chi connectivity index (χ2v) is 5.22. The number of carboxylic acids is 1. The molecule has 1 fully saturated rings. The van der Waals surface area contributed by atoms with Gasteiger partial charge in [0.15, 0.2) is 17.7 Å². The number of carboxylic acid groups (broad SMARTS) is 1. The Kier molecular flexibility index (Phi) is 4.97. The molecule has 0 bridgehead atoms. The fraction of sp³-hybridized carbons (Fsp3) is 0.467. The molecule has 1 saturated heterocycles. The van der Waals surface area contributed by atoms with E-state index in [1.165, 1.54) is 24.1 Å². The number of rotatable bonds is 4. The zero-order valence-electron chi connectivity index (χ0n) is 12.4. The van der Waals surface area contributed by atoms with Gasteiger partial charge in [-0.25, -0.2) is 9.18 Å². The molecule has 0 aromatic heterocycles. The summed E-state index contributed by atoms with van der Waals surface area (Å²) < 4.78 is 23.7. The smallest absolute Gasteiger partial charge is 0.334 e. The van der Waals surface area contributed by atoms with Crippen LogP contribution < -0.4 is 4.74 Å². The van der Waals surface area contributed by atoms with Crippen molar-refractivity contribution in [1.29, 1.82) is 0 Å². The highest BCUT2D eigenvalue weighted by atomic mass is 19.1. The minimum absolute atomic E-state index is 0.0000265. The van der Waals surface area contributed by atoms with Gasteiger partial charge in [0.05, 0.1) is 26.2 Å². The topological polar surface area (TPSA) is 76.1 Å². The van der Waals surface area contributed by atoms with Crippen molar-refractivity contribution in [2.75, 3.05) is 20.2 Å². The molecule has 1 aromatic carbocycles. The number of morpholine rings is 1. The number of nitrogens with zero attached hydrogens (tertiary/aromatic N) is 1. The van der Waals surface area contributed by atoms with Crippen molar-refractivity contribution in [2.45, 2.75) is 25.6 Å². The van der Waals surface area contributed by atoms with Crippen LogP contribution in [0.1, 0.15) is 12.5 Å². The van der Waals surface area contributed by atoms with Crippen molar-refractivity contribution in [3.05, 3.63) is 29.6 Å². The molecule has 1 N–H and O–H groups in total. The Hall–Kier alpha value is -2.15.